The molecule has 142 valence electrons. The number of aromatic nitrogens is 3. The van der Waals surface area contributed by atoms with Crippen molar-refractivity contribution in [2.45, 2.75) is 38.0 Å². The van der Waals surface area contributed by atoms with Crippen LogP contribution < -0.4 is 14.5 Å². The van der Waals surface area contributed by atoms with Crippen molar-refractivity contribution in [1.29, 1.82) is 0 Å². The highest BCUT2D eigenvalue weighted by atomic mass is 32.2. The van der Waals surface area contributed by atoms with Crippen molar-refractivity contribution in [3.63, 3.8) is 0 Å². The molecule has 9 nitrogen and oxygen atoms in total. The van der Waals surface area contributed by atoms with E-state index in [1.807, 2.05) is 14.1 Å². The molecule has 0 saturated carbocycles. The fourth-order valence-corrected chi connectivity index (χ4v) is 4.45. The monoisotopic (exact) mass is 380 g/mol. The molecule has 2 aromatic rings. The van der Waals surface area contributed by atoms with E-state index in [-0.39, 0.29) is 10.7 Å². The van der Waals surface area contributed by atoms with E-state index < -0.39 is 10.0 Å². The van der Waals surface area contributed by atoms with Gasteiger partial charge in [-0.05, 0) is 33.1 Å². The maximum atomic E-state index is 12.8. The highest BCUT2D eigenvalue weighted by Gasteiger charge is 2.26. The maximum Gasteiger partial charge on any atom is 0.267 e. The lowest BCUT2D eigenvalue weighted by Crippen LogP contribution is -2.31. The predicted octanol–water partition coefficient (Wildman–Crippen LogP) is 1.94. The molecule has 0 spiro atoms. The van der Waals surface area contributed by atoms with E-state index in [0.29, 0.717) is 23.1 Å². The van der Waals surface area contributed by atoms with Crippen LogP contribution in [0.1, 0.15) is 30.7 Å². The zero-order valence-electron chi connectivity index (χ0n) is 15.5. The third-order valence-electron chi connectivity index (χ3n) is 4.30. The van der Waals surface area contributed by atoms with Gasteiger partial charge in [-0.1, -0.05) is 5.16 Å². The summed E-state index contributed by atoms with van der Waals surface area (Å²) < 4.78 is 33.1. The standard InChI is InChI=1S/C16H24N6O3S/c1-11-14(12(2)25-19-11)26(23,24)20-13-10-17-16(18-15(13)21(3)4)22-8-6-5-7-9-22/h10,20H,5-9H2,1-4H3. The Morgan fingerprint density at radius 2 is 1.88 bits per heavy atom. The molecule has 26 heavy (non-hydrogen) atoms. The van der Waals surface area contributed by atoms with Crippen molar-refractivity contribution in [3.05, 3.63) is 17.7 Å². The number of piperidine rings is 1. The smallest absolute Gasteiger partial charge is 0.267 e. The number of rotatable bonds is 5. The first-order valence-electron chi connectivity index (χ1n) is 8.54. The molecule has 1 fully saturated rings. The van der Waals surface area contributed by atoms with Gasteiger partial charge in [-0.25, -0.2) is 13.4 Å². The van der Waals surface area contributed by atoms with E-state index in [0.717, 1.165) is 25.9 Å². The van der Waals surface area contributed by atoms with E-state index in [9.17, 15) is 8.42 Å². The van der Waals surface area contributed by atoms with Gasteiger partial charge in [0.2, 0.25) is 5.95 Å². The number of aryl methyl sites for hydroxylation is 2. The molecule has 1 aliphatic heterocycles. The average molecular weight is 380 g/mol. The Kier molecular flexibility index (Phi) is 5.03. The zero-order valence-corrected chi connectivity index (χ0v) is 16.3. The number of sulfonamides is 1. The molecule has 0 unspecified atom stereocenters. The second kappa shape index (κ2) is 7.10. The quantitative estimate of drug-likeness (QED) is 0.839. The Bertz CT molecular complexity index is 868. The highest BCUT2D eigenvalue weighted by Crippen LogP contribution is 2.29. The Balaban J connectivity index is 1.94. The molecule has 1 aliphatic rings. The van der Waals surface area contributed by atoms with Gasteiger partial charge in [0, 0.05) is 27.2 Å². The number of anilines is 3. The first-order valence-corrected chi connectivity index (χ1v) is 10.0. The molecule has 1 N–H and O–H groups in total. The molecular formula is C16H24N6O3S. The van der Waals surface area contributed by atoms with Crippen molar-refractivity contribution in [2.75, 3.05) is 41.7 Å². The van der Waals surface area contributed by atoms with E-state index >= 15 is 0 Å². The van der Waals surface area contributed by atoms with Crippen molar-refractivity contribution in [1.82, 2.24) is 15.1 Å². The number of hydrogen-bond donors (Lipinski definition) is 1. The van der Waals surface area contributed by atoms with Crippen LogP contribution in [0.15, 0.2) is 15.6 Å². The van der Waals surface area contributed by atoms with Crippen LogP contribution in [0.2, 0.25) is 0 Å². The molecule has 0 radical (unpaired) electrons. The molecule has 0 atom stereocenters. The molecule has 1 saturated heterocycles. The van der Waals surface area contributed by atoms with Gasteiger partial charge in [-0.15, -0.1) is 0 Å². The van der Waals surface area contributed by atoms with Gasteiger partial charge in [0.05, 0.1) is 6.20 Å². The molecule has 0 aromatic carbocycles. The van der Waals surface area contributed by atoms with Crippen LogP contribution in [0.5, 0.6) is 0 Å². The van der Waals surface area contributed by atoms with Crippen LogP contribution in [-0.4, -0.2) is 50.7 Å². The minimum absolute atomic E-state index is 0.0438. The molecule has 0 bridgehead atoms. The molecule has 0 aliphatic carbocycles. The Labute approximate surface area is 153 Å². The minimum atomic E-state index is -3.85. The lowest BCUT2D eigenvalue weighted by molar-refractivity contribution is 0.390. The highest BCUT2D eigenvalue weighted by molar-refractivity contribution is 7.92. The summed E-state index contributed by atoms with van der Waals surface area (Å²) >= 11 is 0. The van der Waals surface area contributed by atoms with Crippen molar-refractivity contribution >= 4 is 27.5 Å². The summed E-state index contributed by atoms with van der Waals surface area (Å²) in [4.78, 5) is 12.9. The van der Waals surface area contributed by atoms with E-state index in [4.69, 9.17) is 4.52 Å². The molecule has 3 rings (SSSR count). The third kappa shape index (κ3) is 3.59. The topological polar surface area (TPSA) is 104 Å². The molecule has 10 heteroatoms. The van der Waals surface area contributed by atoms with Crippen molar-refractivity contribution in [2.24, 2.45) is 0 Å². The lowest BCUT2D eigenvalue weighted by Gasteiger charge is -2.28. The summed E-state index contributed by atoms with van der Waals surface area (Å²) in [5.74, 6) is 1.37. The SMILES string of the molecule is Cc1noc(C)c1S(=O)(=O)Nc1cnc(N2CCCCC2)nc1N(C)C. The van der Waals surface area contributed by atoms with Gasteiger partial charge < -0.3 is 14.3 Å². The Morgan fingerprint density at radius 1 is 1.19 bits per heavy atom. The summed E-state index contributed by atoms with van der Waals surface area (Å²) in [5.41, 5.74) is 0.628. The zero-order chi connectivity index (χ0) is 18.9. The first kappa shape index (κ1) is 18.4. The van der Waals surface area contributed by atoms with Crippen LogP contribution in [0, 0.1) is 13.8 Å². The minimum Gasteiger partial charge on any atom is -0.361 e. The van der Waals surface area contributed by atoms with E-state index in [2.05, 4.69) is 24.7 Å². The maximum absolute atomic E-state index is 12.8. The van der Waals surface area contributed by atoms with Crippen LogP contribution in [-0.2, 0) is 10.0 Å². The summed E-state index contributed by atoms with van der Waals surface area (Å²) in [7, 11) is -0.221. The largest absolute Gasteiger partial charge is 0.361 e. The Hall–Kier alpha value is -2.36. The summed E-state index contributed by atoms with van der Waals surface area (Å²) in [6.45, 7) is 4.99. The van der Waals surface area contributed by atoms with Crippen molar-refractivity contribution in [3.8, 4) is 0 Å². The van der Waals surface area contributed by atoms with Gasteiger partial charge in [0.25, 0.3) is 10.0 Å². The predicted molar refractivity (Wildman–Crippen MR) is 99.2 cm³/mol. The summed E-state index contributed by atoms with van der Waals surface area (Å²) in [6.07, 6.45) is 4.95. The summed E-state index contributed by atoms with van der Waals surface area (Å²) in [5, 5.41) is 3.71. The van der Waals surface area contributed by atoms with Crippen LogP contribution >= 0.6 is 0 Å². The van der Waals surface area contributed by atoms with Crippen LogP contribution in [0.3, 0.4) is 0 Å². The Morgan fingerprint density at radius 3 is 2.46 bits per heavy atom. The molecule has 3 heterocycles. The number of nitrogens with one attached hydrogen (secondary N) is 1. The van der Waals surface area contributed by atoms with Gasteiger partial charge in [0.1, 0.15) is 11.4 Å². The molecule has 2 aromatic heterocycles. The van der Waals surface area contributed by atoms with Crippen molar-refractivity contribution < 1.29 is 12.9 Å². The fourth-order valence-electron chi connectivity index (χ4n) is 3.08. The average Bonchev–Trinajstić information content (AvgIpc) is 2.95. The summed E-state index contributed by atoms with van der Waals surface area (Å²) in [6, 6.07) is 0. The van der Waals surface area contributed by atoms with Crippen LogP contribution in [0.25, 0.3) is 0 Å². The number of nitrogens with zero attached hydrogens (tertiary/aromatic N) is 5. The van der Waals surface area contributed by atoms with Gasteiger partial charge in [-0.3, -0.25) is 4.72 Å². The number of hydrogen-bond acceptors (Lipinski definition) is 8. The second-order valence-electron chi connectivity index (χ2n) is 6.61. The van der Waals surface area contributed by atoms with Crippen LogP contribution in [0.4, 0.5) is 17.5 Å². The van der Waals surface area contributed by atoms with Gasteiger partial charge >= 0.3 is 0 Å². The van der Waals surface area contributed by atoms with E-state index in [1.165, 1.54) is 12.6 Å². The fraction of sp³-hybridized carbons (Fsp3) is 0.562. The molecule has 0 amide bonds. The second-order valence-corrected chi connectivity index (χ2v) is 8.23. The normalized spacial score (nSPS) is 15.2. The van der Waals surface area contributed by atoms with E-state index in [1.54, 1.807) is 18.7 Å². The van der Waals surface area contributed by atoms with Gasteiger partial charge in [0.15, 0.2) is 16.5 Å². The lowest BCUT2D eigenvalue weighted by atomic mass is 10.1. The molecular weight excluding hydrogens is 356 g/mol. The first-order chi connectivity index (χ1) is 12.3. The van der Waals surface area contributed by atoms with Gasteiger partial charge in [-0.2, -0.15) is 4.98 Å². The third-order valence-corrected chi connectivity index (χ3v) is 5.91.